The second kappa shape index (κ2) is 11.4. The van der Waals surface area contributed by atoms with Gasteiger partial charge in [0.15, 0.2) is 0 Å². The van der Waals surface area contributed by atoms with Gasteiger partial charge in [0.05, 0.1) is 0 Å². The maximum absolute atomic E-state index is 10.7. The van der Waals surface area contributed by atoms with E-state index < -0.39 is 5.97 Å². The molecule has 0 heterocycles. The molecule has 0 saturated carbocycles. The van der Waals surface area contributed by atoms with Crippen molar-refractivity contribution in [3.05, 3.63) is 89.5 Å². The van der Waals surface area contributed by atoms with E-state index in [4.69, 9.17) is 19.4 Å². The quantitative estimate of drug-likeness (QED) is 0.342. The number of aliphatic carboxylic acids is 1. The van der Waals surface area contributed by atoms with Crippen LogP contribution in [0, 0.1) is 0 Å². The van der Waals surface area contributed by atoms with E-state index in [1.807, 2.05) is 54.6 Å². The molecular weight excluding hydrogens is 410 g/mol. The van der Waals surface area contributed by atoms with Crippen LogP contribution in [0.15, 0.2) is 78.0 Å². The van der Waals surface area contributed by atoms with Crippen molar-refractivity contribution in [2.24, 2.45) is 5.16 Å². The topological polar surface area (TPSA) is 97.6 Å². The number of hydrogen-bond donors (Lipinski definition) is 2. The molecule has 0 atom stereocenters. The van der Waals surface area contributed by atoms with Crippen LogP contribution >= 0.6 is 0 Å². The summed E-state index contributed by atoms with van der Waals surface area (Å²) in [5.41, 5.74) is 3.12. The fourth-order valence-electron chi connectivity index (χ4n) is 2.99. The van der Waals surface area contributed by atoms with Gasteiger partial charge in [0.2, 0.25) is 0 Å². The second-order valence-corrected chi connectivity index (χ2v) is 6.99. The standard InChI is InChI=1S/C25H25NO6/c1-30-26-23(19-5-3-2-4-6-19)17-32-21-11-7-18(8-12-21)16-31-22-13-9-20(24(27)15-22)10-14-25(28)29/h2-9,11-13,15,27H,10,14,16-17H2,1H3,(H,28,29). The van der Waals surface area contributed by atoms with Crippen LogP contribution in [-0.2, 0) is 22.7 Å². The fraction of sp³-hybridized carbons (Fsp3) is 0.200. The highest BCUT2D eigenvalue weighted by Crippen LogP contribution is 2.25. The summed E-state index contributed by atoms with van der Waals surface area (Å²) >= 11 is 0. The average Bonchev–Trinajstić information content (AvgIpc) is 2.81. The molecule has 0 aliphatic rings. The van der Waals surface area contributed by atoms with Gasteiger partial charge in [-0.2, -0.15) is 0 Å². The van der Waals surface area contributed by atoms with E-state index in [1.54, 1.807) is 12.1 Å². The van der Waals surface area contributed by atoms with Crippen molar-refractivity contribution in [2.45, 2.75) is 19.4 Å². The Morgan fingerprint density at radius 2 is 1.66 bits per heavy atom. The van der Waals surface area contributed by atoms with Crippen molar-refractivity contribution in [3.8, 4) is 17.2 Å². The number of rotatable bonds is 11. The van der Waals surface area contributed by atoms with Crippen molar-refractivity contribution in [2.75, 3.05) is 13.7 Å². The van der Waals surface area contributed by atoms with Gasteiger partial charge in [-0.25, -0.2) is 0 Å². The van der Waals surface area contributed by atoms with E-state index in [2.05, 4.69) is 5.16 Å². The number of aromatic hydroxyl groups is 1. The highest BCUT2D eigenvalue weighted by molar-refractivity contribution is 6.01. The first-order chi connectivity index (χ1) is 15.5. The smallest absolute Gasteiger partial charge is 0.303 e. The monoisotopic (exact) mass is 435 g/mol. The Balaban J connectivity index is 1.53. The molecule has 0 aliphatic heterocycles. The number of benzene rings is 3. The third kappa shape index (κ3) is 6.77. The molecule has 2 N–H and O–H groups in total. The van der Waals surface area contributed by atoms with E-state index in [0.29, 0.717) is 29.4 Å². The number of carbonyl (C=O) groups is 1. The molecule has 0 fully saturated rings. The molecule has 3 rings (SSSR count). The molecule has 0 radical (unpaired) electrons. The SMILES string of the molecule is CON=C(COc1ccc(COc2ccc(CCC(=O)O)c(O)c2)cc1)c1ccccc1. The number of phenols is 1. The molecular formula is C25H25NO6. The number of ether oxygens (including phenoxy) is 2. The van der Waals surface area contributed by atoms with Crippen LogP contribution in [0.4, 0.5) is 0 Å². The van der Waals surface area contributed by atoms with Crippen molar-refractivity contribution in [3.63, 3.8) is 0 Å². The number of carboxylic acids is 1. The van der Waals surface area contributed by atoms with Gasteiger partial charge in [0, 0.05) is 18.1 Å². The van der Waals surface area contributed by atoms with Crippen molar-refractivity contribution >= 4 is 11.7 Å². The number of nitrogens with zero attached hydrogens (tertiary/aromatic N) is 1. The molecule has 0 unspecified atom stereocenters. The minimum Gasteiger partial charge on any atom is -0.508 e. The summed E-state index contributed by atoms with van der Waals surface area (Å²) in [4.78, 5) is 15.6. The summed E-state index contributed by atoms with van der Waals surface area (Å²) in [7, 11) is 1.50. The van der Waals surface area contributed by atoms with E-state index in [-0.39, 0.29) is 25.2 Å². The maximum Gasteiger partial charge on any atom is 0.303 e. The van der Waals surface area contributed by atoms with Crippen LogP contribution in [0.3, 0.4) is 0 Å². The molecule has 7 heteroatoms. The van der Waals surface area contributed by atoms with Crippen LogP contribution in [0.2, 0.25) is 0 Å². The van der Waals surface area contributed by atoms with Gasteiger partial charge in [0.25, 0.3) is 0 Å². The van der Waals surface area contributed by atoms with Crippen molar-refractivity contribution < 1.29 is 29.3 Å². The van der Waals surface area contributed by atoms with Gasteiger partial charge >= 0.3 is 5.97 Å². The lowest BCUT2D eigenvalue weighted by Crippen LogP contribution is -2.13. The lowest BCUT2D eigenvalue weighted by molar-refractivity contribution is -0.136. The molecule has 7 nitrogen and oxygen atoms in total. The van der Waals surface area contributed by atoms with Gasteiger partial charge in [-0.3, -0.25) is 4.79 Å². The number of phenolic OH excluding ortho intramolecular Hbond substituents is 1. The van der Waals surface area contributed by atoms with E-state index in [1.165, 1.54) is 13.2 Å². The molecule has 0 saturated heterocycles. The Bertz CT molecular complexity index is 1050. The predicted molar refractivity (Wildman–Crippen MR) is 120 cm³/mol. The third-order valence-corrected chi connectivity index (χ3v) is 4.68. The third-order valence-electron chi connectivity index (χ3n) is 4.68. The summed E-state index contributed by atoms with van der Waals surface area (Å²) in [6.45, 7) is 0.579. The molecule has 0 spiro atoms. The highest BCUT2D eigenvalue weighted by Gasteiger charge is 2.08. The highest BCUT2D eigenvalue weighted by atomic mass is 16.6. The van der Waals surface area contributed by atoms with Crippen LogP contribution < -0.4 is 9.47 Å². The van der Waals surface area contributed by atoms with Crippen LogP contribution in [0.5, 0.6) is 17.2 Å². The molecule has 0 aromatic heterocycles. The van der Waals surface area contributed by atoms with E-state index >= 15 is 0 Å². The molecule has 0 aliphatic carbocycles. The summed E-state index contributed by atoms with van der Waals surface area (Å²) < 4.78 is 11.6. The first-order valence-electron chi connectivity index (χ1n) is 10.1. The van der Waals surface area contributed by atoms with Crippen LogP contribution in [0.25, 0.3) is 0 Å². The Hall–Kier alpha value is -4.00. The van der Waals surface area contributed by atoms with Gasteiger partial charge in [-0.05, 0) is 35.7 Å². The van der Waals surface area contributed by atoms with E-state index in [0.717, 1.165) is 11.1 Å². The largest absolute Gasteiger partial charge is 0.508 e. The molecule has 0 amide bonds. The lowest BCUT2D eigenvalue weighted by atomic mass is 10.1. The molecule has 166 valence electrons. The first kappa shape index (κ1) is 22.7. The minimum absolute atomic E-state index is 0.0273. The number of carboxylic acid groups (broad SMARTS) is 1. The number of aryl methyl sites for hydroxylation is 1. The first-order valence-corrected chi connectivity index (χ1v) is 10.1. The van der Waals surface area contributed by atoms with Gasteiger partial charge in [-0.15, -0.1) is 0 Å². The van der Waals surface area contributed by atoms with Crippen molar-refractivity contribution in [1.29, 1.82) is 0 Å². The molecule has 0 bridgehead atoms. The summed E-state index contributed by atoms with van der Waals surface area (Å²) in [6.07, 6.45) is 0.232. The summed E-state index contributed by atoms with van der Waals surface area (Å²) in [5.74, 6) is 0.318. The predicted octanol–water partition coefficient (Wildman–Crippen LogP) is 4.42. The Morgan fingerprint density at radius 3 is 2.31 bits per heavy atom. The summed E-state index contributed by atoms with van der Waals surface area (Å²) in [6, 6.07) is 22.1. The Labute approximate surface area is 186 Å². The lowest BCUT2D eigenvalue weighted by Gasteiger charge is -2.11. The van der Waals surface area contributed by atoms with Gasteiger partial charge < -0.3 is 24.5 Å². The zero-order chi connectivity index (χ0) is 22.8. The Morgan fingerprint density at radius 1 is 0.938 bits per heavy atom. The van der Waals surface area contributed by atoms with Gasteiger partial charge in [-0.1, -0.05) is 53.7 Å². The molecule has 32 heavy (non-hydrogen) atoms. The normalized spacial score (nSPS) is 11.1. The van der Waals surface area contributed by atoms with E-state index in [9.17, 15) is 9.90 Å². The zero-order valence-corrected chi connectivity index (χ0v) is 17.7. The fourth-order valence-corrected chi connectivity index (χ4v) is 2.99. The van der Waals surface area contributed by atoms with Gasteiger partial charge in [0.1, 0.15) is 43.3 Å². The van der Waals surface area contributed by atoms with Crippen LogP contribution in [-0.4, -0.2) is 35.6 Å². The number of hydrogen-bond acceptors (Lipinski definition) is 6. The second-order valence-electron chi connectivity index (χ2n) is 6.99. The molecule has 3 aromatic rings. The Kier molecular flexibility index (Phi) is 8.09. The van der Waals surface area contributed by atoms with Crippen molar-refractivity contribution in [1.82, 2.24) is 0 Å². The van der Waals surface area contributed by atoms with Crippen LogP contribution in [0.1, 0.15) is 23.1 Å². The zero-order valence-electron chi connectivity index (χ0n) is 17.7. The number of oxime groups is 1. The minimum atomic E-state index is -0.903. The summed E-state index contributed by atoms with van der Waals surface area (Å²) in [5, 5.41) is 22.9. The average molecular weight is 435 g/mol. The molecule has 3 aromatic carbocycles. The maximum atomic E-state index is 10.7.